The predicted molar refractivity (Wildman–Crippen MR) is 86.8 cm³/mol. The molecule has 2 aromatic heterocycles. The zero-order valence-electron chi connectivity index (χ0n) is 13.5. The normalized spacial score (nSPS) is 20.2. The third-order valence-corrected chi connectivity index (χ3v) is 4.46. The van der Waals surface area contributed by atoms with Crippen LogP contribution in [-0.4, -0.2) is 33.0 Å². The number of hydrogen-bond acceptors (Lipinski definition) is 5. The lowest BCUT2D eigenvalue weighted by atomic mass is 9.93. The first-order valence-electron chi connectivity index (χ1n) is 7.88. The van der Waals surface area contributed by atoms with Gasteiger partial charge in [0.15, 0.2) is 0 Å². The Labute approximate surface area is 143 Å². The fraction of sp³-hybridized carbons (Fsp3) is 0.222. The molecule has 1 saturated heterocycles. The molecule has 0 spiro atoms. The Kier molecular flexibility index (Phi) is 3.76. The van der Waals surface area contributed by atoms with E-state index in [1.54, 1.807) is 42.5 Å². The van der Waals surface area contributed by atoms with Crippen molar-refractivity contribution in [3.63, 3.8) is 0 Å². The number of hydrogen-bond donors (Lipinski definition) is 0. The van der Waals surface area contributed by atoms with Crippen molar-refractivity contribution >= 4 is 5.91 Å². The predicted octanol–water partition coefficient (Wildman–Crippen LogP) is 2.96. The van der Waals surface area contributed by atoms with Crippen molar-refractivity contribution in [2.75, 3.05) is 7.05 Å². The lowest BCUT2D eigenvalue weighted by Gasteiger charge is -2.23. The van der Waals surface area contributed by atoms with E-state index in [1.807, 2.05) is 6.07 Å². The van der Waals surface area contributed by atoms with Crippen LogP contribution in [0.4, 0.5) is 4.39 Å². The van der Waals surface area contributed by atoms with Gasteiger partial charge in [0.2, 0.25) is 17.7 Å². The number of rotatable bonds is 3. The maximum absolute atomic E-state index is 13.2. The zero-order chi connectivity index (χ0) is 17.4. The van der Waals surface area contributed by atoms with Crippen molar-refractivity contribution in [2.45, 2.75) is 18.4 Å². The van der Waals surface area contributed by atoms with Gasteiger partial charge in [-0.15, -0.1) is 10.2 Å². The van der Waals surface area contributed by atoms with Gasteiger partial charge in [0.25, 0.3) is 0 Å². The molecule has 1 aliphatic heterocycles. The molecule has 0 N–H and O–H groups in total. The number of carbonyl (C=O) groups excluding carboxylic acids is 1. The summed E-state index contributed by atoms with van der Waals surface area (Å²) >= 11 is 0. The van der Waals surface area contributed by atoms with Gasteiger partial charge in [0, 0.05) is 25.9 Å². The molecule has 1 amide bonds. The van der Waals surface area contributed by atoms with Crippen LogP contribution in [0.25, 0.3) is 11.5 Å². The minimum atomic E-state index is -0.316. The molecule has 7 heteroatoms. The monoisotopic (exact) mass is 338 g/mol. The number of benzene rings is 1. The highest BCUT2D eigenvalue weighted by Gasteiger charge is 2.42. The highest BCUT2D eigenvalue weighted by molar-refractivity contribution is 5.80. The van der Waals surface area contributed by atoms with Crippen molar-refractivity contribution in [1.29, 1.82) is 0 Å². The van der Waals surface area contributed by atoms with Crippen LogP contribution in [0.2, 0.25) is 0 Å². The van der Waals surface area contributed by atoms with E-state index in [0.29, 0.717) is 11.8 Å². The number of nitrogens with zero attached hydrogens (tertiary/aromatic N) is 4. The zero-order valence-corrected chi connectivity index (χ0v) is 13.5. The molecule has 4 rings (SSSR count). The Balaban J connectivity index is 1.69. The molecule has 1 aliphatic rings. The first-order chi connectivity index (χ1) is 12.1. The number of carbonyl (C=O) groups is 1. The summed E-state index contributed by atoms with van der Waals surface area (Å²) in [6.07, 6.45) is 3.57. The summed E-state index contributed by atoms with van der Waals surface area (Å²) in [6.45, 7) is 0. The summed E-state index contributed by atoms with van der Waals surface area (Å²) in [7, 11) is 1.73. The van der Waals surface area contributed by atoms with Gasteiger partial charge in [-0.3, -0.25) is 9.78 Å². The molecule has 1 aromatic carbocycles. The van der Waals surface area contributed by atoms with E-state index in [9.17, 15) is 9.18 Å². The highest BCUT2D eigenvalue weighted by atomic mass is 19.1. The Morgan fingerprint density at radius 3 is 2.72 bits per heavy atom. The van der Waals surface area contributed by atoms with Crippen LogP contribution in [0.5, 0.6) is 0 Å². The molecule has 3 heterocycles. The third kappa shape index (κ3) is 2.77. The van der Waals surface area contributed by atoms with E-state index in [-0.39, 0.29) is 30.1 Å². The van der Waals surface area contributed by atoms with Crippen LogP contribution >= 0.6 is 0 Å². The standard InChI is InChI=1S/C18H15FN4O2/c1-23-15(24)9-14(16(23)11-4-6-13(19)7-5-11)18-22-21-17(25-18)12-3-2-8-20-10-12/h2-8,10,14,16H,9H2,1H3. The Morgan fingerprint density at radius 2 is 2.00 bits per heavy atom. The molecule has 1 fully saturated rings. The van der Waals surface area contributed by atoms with Gasteiger partial charge >= 0.3 is 0 Å². The lowest BCUT2D eigenvalue weighted by Crippen LogP contribution is -2.24. The number of amides is 1. The second-order valence-electron chi connectivity index (χ2n) is 6.00. The summed E-state index contributed by atoms with van der Waals surface area (Å²) < 4.78 is 19.0. The molecule has 0 bridgehead atoms. The van der Waals surface area contributed by atoms with Crippen LogP contribution in [-0.2, 0) is 4.79 Å². The molecule has 25 heavy (non-hydrogen) atoms. The number of aromatic nitrogens is 3. The number of pyridine rings is 1. The molecule has 2 atom stereocenters. The average molecular weight is 338 g/mol. The quantitative estimate of drug-likeness (QED) is 0.734. The Hall–Kier alpha value is -3.09. The van der Waals surface area contributed by atoms with Crippen LogP contribution in [0, 0.1) is 5.82 Å². The third-order valence-electron chi connectivity index (χ3n) is 4.46. The molecule has 0 aliphatic carbocycles. The largest absolute Gasteiger partial charge is 0.420 e. The Morgan fingerprint density at radius 1 is 1.20 bits per heavy atom. The van der Waals surface area contributed by atoms with E-state index >= 15 is 0 Å². The second kappa shape index (κ2) is 6.08. The van der Waals surface area contributed by atoms with E-state index in [2.05, 4.69) is 15.2 Å². The fourth-order valence-corrected chi connectivity index (χ4v) is 3.20. The topological polar surface area (TPSA) is 72.1 Å². The first kappa shape index (κ1) is 15.4. The summed E-state index contributed by atoms with van der Waals surface area (Å²) in [5.41, 5.74) is 1.55. The maximum atomic E-state index is 13.2. The van der Waals surface area contributed by atoms with Crippen molar-refractivity contribution < 1.29 is 13.6 Å². The van der Waals surface area contributed by atoms with Crippen molar-refractivity contribution in [1.82, 2.24) is 20.1 Å². The summed E-state index contributed by atoms with van der Waals surface area (Å²) in [5, 5.41) is 8.22. The highest BCUT2D eigenvalue weighted by Crippen LogP contribution is 2.43. The van der Waals surface area contributed by atoms with E-state index in [4.69, 9.17) is 4.42 Å². The molecule has 0 saturated carbocycles. The van der Waals surface area contributed by atoms with Gasteiger partial charge in [-0.05, 0) is 29.8 Å². The van der Waals surface area contributed by atoms with E-state index in [0.717, 1.165) is 11.1 Å². The summed E-state index contributed by atoms with van der Waals surface area (Å²) in [5.74, 6) is 0.152. The van der Waals surface area contributed by atoms with Crippen molar-refractivity contribution in [3.8, 4) is 11.5 Å². The van der Waals surface area contributed by atoms with Gasteiger partial charge in [-0.2, -0.15) is 0 Å². The van der Waals surface area contributed by atoms with Crippen LogP contribution < -0.4 is 0 Å². The number of halogens is 1. The minimum Gasteiger partial charge on any atom is -0.420 e. The van der Waals surface area contributed by atoms with Gasteiger partial charge in [-0.25, -0.2) is 4.39 Å². The summed E-state index contributed by atoms with van der Waals surface area (Å²) in [4.78, 5) is 17.9. The first-order valence-corrected chi connectivity index (χ1v) is 7.88. The average Bonchev–Trinajstić information content (AvgIpc) is 3.23. The minimum absolute atomic E-state index is 0.0135. The van der Waals surface area contributed by atoms with Gasteiger partial charge < -0.3 is 9.32 Å². The second-order valence-corrected chi connectivity index (χ2v) is 6.00. The van der Waals surface area contributed by atoms with Crippen molar-refractivity contribution in [2.24, 2.45) is 0 Å². The van der Waals surface area contributed by atoms with Gasteiger partial charge in [-0.1, -0.05) is 12.1 Å². The Bertz CT molecular complexity index is 895. The van der Waals surface area contributed by atoms with E-state index < -0.39 is 0 Å². The van der Waals surface area contributed by atoms with Crippen LogP contribution in [0.3, 0.4) is 0 Å². The SMILES string of the molecule is CN1C(=O)CC(c2nnc(-c3cccnc3)o2)C1c1ccc(F)cc1. The van der Waals surface area contributed by atoms with Crippen LogP contribution in [0.15, 0.2) is 53.2 Å². The lowest BCUT2D eigenvalue weighted by molar-refractivity contribution is -0.127. The fourth-order valence-electron chi connectivity index (χ4n) is 3.20. The number of likely N-dealkylation sites (tertiary alicyclic amines) is 1. The molecular weight excluding hydrogens is 323 g/mol. The van der Waals surface area contributed by atoms with Gasteiger partial charge in [0.05, 0.1) is 17.5 Å². The van der Waals surface area contributed by atoms with Crippen molar-refractivity contribution in [3.05, 3.63) is 66.1 Å². The molecule has 0 radical (unpaired) electrons. The smallest absolute Gasteiger partial charge is 0.249 e. The molecule has 6 nitrogen and oxygen atoms in total. The molecule has 3 aromatic rings. The molecular formula is C18H15FN4O2. The van der Waals surface area contributed by atoms with Crippen LogP contribution in [0.1, 0.15) is 29.8 Å². The van der Waals surface area contributed by atoms with E-state index in [1.165, 1.54) is 12.1 Å². The molecule has 2 unspecified atom stereocenters. The summed E-state index contributed by atoms with van der Waals surface area (Å²) in [6, 6.07) is 9.48. The maximum Gasteiger partial charge on any atom is 0.249 e. The van der Waals surface area contributed by atoms with Gasteiger partial charge in [0.1, 0.15) is 5.82 Å². The molecule has 126 valence electrons. The number of likely N-dealkylation sites (N-methyl/N-ethyl adjacent to an activating group) is 1.